The van der Waals surface area contributed by atoms with Crippen LogP contribution in [0.3, 0.4) is 0 Å². The lowest BCUT2D eigenvalue weighted by atomic mass is 10.2. The molecule has 0 fully saturated rings. The summed E-state index contributed by atoms with van der Waals surface area (Å²) in [6, 6.07) is 5.47. The van der Waals surface area contributed by atoms with Crippen molar-refractivity contribution in [3.8, 4) is 5.75 Å². The molecule has 0 unspecified atom stereocenters. The Morgan fingerprint density at radius 3 is 2.42 bits per heavy atom. The summed E-state index contributed by atoms with van der Waals surface area (Å²) in [6.07, 6.45) is 4.38. The summed E-state index contributed by atoms with van der Waals surface area (Å²) in [6.45, 7) is 3.59. The summed E-state index contributed by atoms with van der Waals surface area (Å²) in [5, 5.41) is 5.20. The lowest BCUT2D eigenvalue weighted by Crippen LogP contribution is -2.40. The van der Waals surface area contributed by atoms with Crippen molar-refractivity contribution < 1.29 is 14.3 Å². The highest BCUT2D eigenvalue weighted by Crippen LogP contribution is 2.27. The number of anilines is 1. The number of nitrogens with one attached hydrogen (secondary N) is 2. The van der Waals surface area contributed by atoms with Crippen molar-refractivity contribution in [3.63, 3.8) is 0 Å². The Labute approximate surface area is 148 Å². The van der Waals surface area contributed by atoms with Gasteiger partial charge in [-0.05, 0) is 37.8 Å². The highest BCUT2D eigenvalue weighted by molar-refractivity contribution is 7.80. The monoisotopic (exact) mass is 353 g/mol. The van der Waals surface area contributed by atoms with Gasteiger partial charge in [-0.1, -0.05) is 19.4 Å². The summed E-state index contributed by atoms with van der Waals surface area (Å²) in [7, 11) is 0. The van der Waals surface area contributed by atoms with Crippen LogP contribution in [0.1, 0.15) is 39.0 Å². The molecule has 1 aromatic rings. The molecule has 0 aliphatic rings. The smallest absolute Gasteiger partial charge is 0.309 e. The highest BCUT2D eigenvalue weighted by Gasteiger charge is 2.11. The number of thiol groups is 1. The van der Waals surface area contributed by atoms with Crippen LogP contribution in [-0.4, -0.2) is 31.5 Å². The predicted molar refractivity (Wildman–Crippen MR) is 98.4 cm³/mol. The summed E-state index contributed by atoms with van der Waals surface area (Å²) < 4.78 is 5.61. The minimum Gasteiger partial charge on any atom is -0.491 e. The van der Waals surface area contributed by atoms with Crippen LogP contribution in [0.25, 0.3) is 0 Å². The first-order valence-corrected chi connectivity index (χ1v) is 8.77. The molecule has 4 N–H and O–H groups in total. The predicted octanol–water partition coefficient (Wildman–Crippen LogP) is 2.14. The number of nitrogens with two attached hydrogens (primary N) is 1. The average Bonchev–Trinajstić information content (AvgIpc) is 2.57. The standard InChI is InChI=1S/C17H27N3O3S/c1-2-3-10-19-16(21)17(22)20-11-5-4-6-12-23-13-8-7-9-14(24)15(13)18/h7-9,24H,2-6,10-12,18H2,1H3,(H,19,21)(H,20,22). The van der Waals surface area contributed by atoms with Crippen molar-refractivity contribution in [2.75, 3.05) is 25.4 Å². The summed E-state index contributed by atoms with van der Waals surface area (Å²) in [5.41, 5.74) is 6.41. The molecule has 7 heteroatoms. The third-order valence-electron chi connectivity index (χ3n) is 3.43. The Morgan fingerprint density at radius 1 is 1.08 bits per heavy atom. The molecular formula is C17H27N3O3S. The molecule has 134 valence electrons. The Balaban J connectivity index is 2.07. The second-order valence-electron chi connectivity index (χ2n) is 5.46. The van der Waals surface area contributed by atoms with Crippen molar-refractivity contribution in [2.24, 2.45) is 0 Å². The molecule has 2 amide bonds. The largest absolute Gasteiger partial charge is 0.491 e. The van der Waals surface area contributed by atoms with Crippen LogP contribution in [0.4, 0.5) is 5.69 Å². The maximum absolute atomic E-state index is 11.5. The van der Waals surface area contributed by atoms with Crippen LogP contribution in [0, 0.1) is 0 Å². The number of ether oxygens (including phenoxy) is 1. The fraction of sp³-hybridized carbons (Fsp3) is 0.529. The van der Waals surface area contributed by atoms with Gasteiger partial charge in [-0.2, -0.15) is 0 Å². The molecular weight excluding hydrogens is 326 g/mol. The number of benzene rings is 1. The van der Waals surface area contributed by atoms with Gasteiger partial charge in [-0.3, -0.25) is 9.59 Å². The summed E-state index contributed by atoms with van der Waals surface area (Å²) in [5.74, 6) is -0.492. The first kappa shape index (κ1) is 20.2. The highest BCUT2D eigenvalue weighted by atomic mass is 32.1. The van der Waals surface area contributed by atoms with Crippen LogP contribution in [0.2, 0.25) is 0 Å². The summed E-state index contributed by atoms with van der Waals surface area (Å²) >= 11 is 4.24. The molecule has 1 aromatic carbocycles. The quantitative estimate of drug-likeness (QED) is 0.224. The number of amides is 2. The van der Waals surface area contributed by atoms with E-state index in [1.54, 1.807) is 0 Å². The van der Waals surface area contributed by atoms with Crippen LogP contribution >= 0.6 is 12.6 Å². The molecule has 0 aromatic heterocycles. The Bertz CT molecular complexity index is 538. The third kappa shape index (κ3) is 7.59. The van der Waals surface area contributed by atoms with Crippen LogP contribution in [0.5, 0.6) is 5.75 Å². The van der Waals surface area contributed by atoms with Gasteiger partial charge in [0, 0.05) is 18.0 Å². The molecule has 0 radical (unpaired) electrons. The number of hydrogen-bond donors (Lipinski definition) is 4. The maximum atomic E-state index is 11.5. The normalized spacial score (nSPS) is 10.2. The van der Waals surface area contributed by atoms with Gasteiger partial charge in [0.05, 0.1) is 12.3 Å². The van der Waals surface area contributed by atoms with E-state index in [0.29, 0.717) is 36.0 Å². The number of hydrogen-bond acceptors (Lipinski definition) is 5. The number of carbonyl (C=O) groups excluding carboxylic acids is 2. The number of para-hydroxylation sites is 1. The molecule has 1 rings (SSSR count). The van der Waals surface area contributed by atoms with Crippen molar-refractivity contribution >= 4 is 30.1 Å². The second-order valence-corrected chi connectivity index (χ2v) is 5.95. The van der Waals surface area contributed by atoms with Gasteiger partial charge in [0.1, 0.15) is 5.75 Å². The molecule has 0 atom stereocenters. The SMILES string of the molecule is CCCCNC(=O)C(=O)NCCCCCOc1cccc(S)c1N. The fourth-order valence-corrected chi connectivity index (χ4v) is 2.18. The van der Waals surface area contributed by atoms with Crippen LogP contribution < -0.4 is 21.1 Å². The van der Waals surface area contributed by atoms with Gasteiger partial charge >= 0.3 is 11.8 Å². The zero-order chi connectivity index (χ0) is 17.8. The van der Waals surface area contributed by atoms with E-state index in [-0.39, 0.29) is 0 Å². The van der Waals surface area contributed by atoms with Crippen molar-refractivity contribution in [1.82, 2.24) is 10.6 Å². The number of nitrogen functional groups attached to an aromatic ring is 1. The van der Waals surface area contributed by atoms with Gasteiger partial charge in [-0.15, -0.1) is 12.6 Å². The van der Waals surface area contributed by atoms with E-state index in [2.05, 4.69) is 23.3 Å². The zero-order valence-electron chi connectivity index (χ0n) is 14.1. The van der Waals surface area contributed by atoms with Crippen LogP contribution in [0.15, 0.2) is 23.1 Å². The third-order valence-corrected chi connectivity index (χ3v) is 3.82. The molecule has 0 saturated carbocycles. The molecule has 6 nitrogen and oxygen atoms in total. The van der Waals surface area contributed by atoms with E-state index in [1.165, 1.54) is 0 Å². The summed E-state index contributed by atoms with van der Waals surface area (Å²) in [4.78, 5) is 23.7. The van der Waals surface area contributed by atoms with E-state index in [4.69, 9.17) is 10.5 Å². The Kier molecular flexibility index (Phi) is 9.76. The van der Waals surface area contributed by atoms with Crippen molar-refractivity contribution in [2.45, 2.75) is 43.9 Å². The van der Waals surface area contributed by atoms with Gasteiger partial charge in [0.25, 0.3) is 0 Å². The van der Waals surface area contributed by atoms with E-state index in [1.807, 2.05) is 25.1 Å². The molecule has 0 heterocycles. The van der Waals surface area contributed by atoms with E-state index < -0.39 is 11.8 Å². The van der Waals surface area contributed by atoms with Gasteiger partial charge in [0.15, 0.2) is 0 Å². The maximum Gasteiger partial charge on any atom is 0.309 e. The minimum absolute atomic E-state index is 0.480. The second kappa shape index (κ2) is 11.6. The topological polar surface area (TPSA) is 93.5 Å². The van der Waals surface area contributed by atoms with E-state index in [9.17, 15) is 9.59 Å². The fourth-order valence-electron chi connectivity index (χ4n) is 1.99. The van der Waals surface area contributed by atoms with Crippen LogP contribution in [-0.2, 0) is 9.59 Å². The first-order chi connectivity index (χ1) is 11.6. The lowest BCUT2D eigenvalue weighted by molar-refractivity contribution is -0.139. The minimum atomic E-state index is -0.569. The van der Waals surface area contributed by atoms with Gasteiger partial charge in [0.2, 0.25) is 0 Å². The Hall–Kier alpha value is -1.89. The first-order valence-electron chi connectivity index (χ1n) is 8.32. The number of unbranched alkanes of at least 4 members (excludes halogenated alkanes) is 3. The zero-order valence-corrected chi connectivity index (χ0v) is 15.0. The van der Waals surface area contributed by atoms with Gasteiger partial charge < -0.3 is 21.1 Å². The molecule has 24 heavy (non-hydrogen) atoms. The van der Waals surface area contributed by atoms with E-state index in [0.717, 1.165) is 32.1 Å². The molecule has 0 spiro atoms. The van der Waals surface area contributed by atoms with Crippen molar-refractivity contribution in [3.05, 3.63) is 18.2 Å². The average molecular weight is 353 g/mol. The molecule has 0 aliphatic carbocycles. The number of rotatable bonds is 10. The van der Waals surface area contributed by atoms with Crippen molar-refractivity contribution in [1.29, 1.82) is 0 Å². The molecule has 0 bridgehead atoms. The molecule has 0 aliphatic heterocycles. The lowest BCUT2D eigenvalue weighted by Gasteiger charge is -2.10. The van der Waals surface area contributed by atoms with Gasteiger partial charge in [-0.25, -0.2) is 0 Å². The Morgan fingerprint density at radius 2 is 1.75 bits per heavy atom. The van der Waals surface area contributed by atoms with E-state index >= 15 is 0 Å². The molecule has 0 saturated heterocycles. The number of carbonyl (C=O) groups is 2.